The minimum absolute atomic E-state index is 0.0185. The van der Waals surface area contributed by atoms with Crippen molar-refractivity contribution in [3.05, 3.63) is 143 Å². The molecule has 3 nitrogen and oxygen atoms in total. The highest BCUT2D eigenvalue weighted by Gasteiger charge is 2.36. The van der Waals surface area contributed by atoms with Crippen LogP contribution in [0, 0.1) is 20.8 Å². The van der Waals surface area contributed by atoms with E-state index in [1.54, 1.807) is 0 Å². The normalized spacial score (nSPS) is 12.9. The maximum Gasteiger partial charge on any atom is 0.246 e. The number of pyridine rings is 2. The molecule has 4 heteroatoms. The van der Waals surface area contributed by atoms with Crippen molar-refractivity contribution in [2.24, 2.45) is 0 Å². The standard InChI is InChI=1S/C45H46BN3/c1-29-23-30(2)43(31(3)24-29)49-41-16-11-10-15-37(41)46(36-14-12-13-32(25-36)39-27-34(19-21-47-39)44(4,5)6)38-26-33(17-18-42(38)49)40-28-35(20-22-48-40)45(7,8)9/h10-28H,1-9H3. The topological polar surface area (TPSA) is 29.0 Å². The molecular weight excluding hydrogens is 593 g/mol. The Hall–Kier alpha value is -4.96. The number of rotatable bonds is 4. The van der Waals surface area contributed by atoms with Crippen LogP contribution in [0.3, 0.4) is 0 Å². The molecule has 0 aliphatic carbocycles. The maximum atomic E-state index is 4.89. The Kier molecular flexibility index (Phi) is 8.10. The number of para-hydroxylation sites is 1. The summed E-state index contributed by atoms with van der Waals surface area (Å²) < 4.78 is 0. The first-order valence-corrected chi connectivity index (χ1v) is 17.4. The lowest BCUT2D eigenvalue weighted by molar-refractivity contribution is 0.589. The molecule has 6 aromatic rings. The van der Waals surface area contributed by atoms with Crippen LogP contribution in [0.4, 0.5) is 17.1 Å². The van der Waals surface area contributed by atoms with E-state index >= 15 is 0 Å². The van der Waals surface area contributed by atoms with Crippen molar-refractivity contribution in [2.45, 2.75) is 73.1 Å². The van der Waals surface area contributed by atoms with E-state index in [0.29, 0.717) is 0 Å². The van der Waals surface area contributed by atoms with E-state index in [2.05, 4.69) is 170 Å². The second-order valence-electron chi connectivity index (χ2n) is 15.8. The zero-order valence-corrected chi connectivity index (χ0v) is 30.4. The third kappa shape index (κ3) is 6.10. The Balaban J connectivity index is 1.47. The van der Waals surface area contributed by atoms with Crippen LogP contribution >= 0.6 is 0 Å². The molecule has 0 unspecified atom stereocenters. The summed E-state index contributed by atoms with van der Waals surface area (Å²) in [6, 6.07) is 38.3. The molecule has 4 aromatic carbocycles. The van der Waals surface area contributed by atoms with Crippen molar-refractivity contribution in [2.75, 3.05) is 4.90 Å². The lowest BCUT2D eigenvalue weighted by Gasteiger charge is -2.39. The summed E-state index contributed by atoms with van der Waals surface area (Å²) >= 11 is 0. The molecule has 0 fully saturated rings. The molecule has 1 aliphatic rings. The van der Waals surface area contributed by atoms with Gasteiger partial charge in [0.15, 0.2) is 0 Å². The highest BCUT2D eigenvalue weighted by atomic mass is 15.2. The lowest BCUT2D eigenvalue weighted by Crippen LogP contribution is -2.57. The van der Waals surface area contributed by atoms with Crippen LogP contribution in [0.2, 0.25) is 0 Å². The average Bonchev–Trinajstić information content (AvgIpc) is 3.07. The van der Waals surface area contributed by atoms with E-state index in [-0.39, 0.29) is 17.5 Å². The molecular formula is C45H46BN3. The summed E-state index contributed by atoms with van der Waals surface area (Å²) in [4.78, 5) is 12.2. The Bertz CT molecular complexity index is 2180. The second kappa shape index (κ2) is 12.2. The molecule has 0 spiro atoms. The van der Waals surface area contributed by atoms with E-state index in [1.165, 1.54) is 61.3 Å². The molecule has 49 heavy (non-hydrogen) atoms. The Morgan fingerprint density at radius 1 is 0.531 bits per heavy atom. The Morgan fingerprint density at radius 2 is 1.10 bits per heavy atom. The molecule has 0 radical (unpaired) electrons. The third-order valence-corrected chi connectivity index (χ3v) is 9.99. The SMILES string of the molecule is Cc1cc(C)c(N2c3ccccc3B(c3cccc(-c4cc(C(C)(C)C)ccn4)c3)c3cc(-c4cc(C(C)(C)C)ccn4)ccc32)c(C)c1. The number of benzene rings is 4. The smallest absolute Gasteiger partial charge is 0.246 e. The molecule has 7 rings (SSSR count). The Labute approximate surface area is 293 Å². The van der Waals surface area contributed by atoms with Crippen molar-refractivity contribution >= 4 is 40.2 Å². The van der Waals surface area contributed by atoms with Gasteiger partial charge < -0.3 is 4.90 Å². The van der Waals surface area contributed by atoms with Gasteiger partial charge in [-0.25, -0.2) is 0 Å². The highest BCUT2D eigenvalue weighted by Crippen LogP contribution is 2.41. The van der Waals surface area contributed by atoms with Crippen molar-refractivity contribution in [3.63, 3.8) is 0 Å². The summed E-state index contributed by atoms with van der Waals surface area (Å²) in [5.74, 6) is 0. The fourth-order valence-corrected chi connectivity index (χ4v) is 7.49. The minimum Gasteiger partial charge on any atom is -0.311 e. The van der Waals surface area contributed by atoms with E-state index in [4.69, 9.17) is 9.97 Å². The first-order chi connectivity index (χ1) is 23.3. The first-order valence-electron chi connectivity index (χ1n) is 17.4. The number of anilines is 3. The van der Waals surface area contributed by atoms with E-state index in [9.17, 15) is 0 Å². The summed E-state index contributed by atoms with van der Waals surface area (Å²) in [6.45, 7) is 20.2. The number of fused-ring (bicyclic) bond motifs is 2. The van der Waals surface area contributed by atoms with Gasteiger partial charge in [-0.1, -0.05) is 119 Å². The van der Waals surface area contributed by atoms with Crippen LogP contribution in [0.25, 0.3) is 22.5 Å². The van der Waals surface area contributed by atoms with Gasteiger partial charge in [0.2, 0.25) is 6.71 Å². The molecule has 1 aliphatic heterocycles. The lowest BCUT2D eigenvalue weighted by atomic mass is 9.35. The van der Waals surface area contributed by atoms with Gasteiger partial charge in [-0.05, 0) is 112 Å². The van der Waals surface area contributed by atoms with Gasteiger partial charge in [-0.15, -0.1) is 0 Å². The maximum absolute atomic E-state index is 4.89. The van der Waals surface area contributed by atoms with Gasteiger partial charge in [0.1, 0.15) is 0 Å². The molecule has 0 atom stereocenters. The van der Waals surface area contributed by atoms with Gasteiger partial charge >= 0.3 is 0 Å². The molecule has 0 N–H and O–H groups in total. The van der Waals surface area contributed by atoms with Crippen LogP contribution in [0.1, 0.15) is 69.4 Å². The molecule has 244 valence electrons. The second-order valence-corrected chi connectivity index (χ2v) is 15.8. The van der Waals surface area contributed by atoms with Gasteiger partial charge in [0, 0.05) is 23.8 Å². The molecule has 2 aromatic heterocycles. The monoisotopic (exact) mass is 639 g/mol. The van der Waals surface area contributed by atoms with E-state index in [1.807, 2.05) is 12.4 Å². The van der Waals surface area contributed by atoms with Crippen LogP contribution in [0.15, 0.2) is 116 Å². The number of hydrogen-bond acceptors (Lipinski definition) is 3. The van der Waals surface area contributed by atoms with Crippen molar-refractivity contribution < 1.29 is 0 Å². The van der Waals surface area contributed by atoms with Crippen LogP contribution in [-0.4, -0.2) is 16.7 Å². The number of hydrogen-bond donors (Lipinski definition) is 0. The quantitative estimate of drug-likeness (QED) is 0.180. The molecule has 3 heterocycles. The third-order valence-electron chi connectivity index (χ3n) is 9.99. The predicted molar refractivity (Wildman–Crippen MR) is 210 cm³/mol. The number of aryl methyl sites for hydroxylation is 3. The zero-order valence-electron chi connectivity index (χ0n) is 30.4. The highest BCUT2D eigenvalue weighted by molar-refractivity contribution is 6.98. The zero-order chi connectivity index (χ0) is 34.7. The van der Waals surface area contributed by atoms with Gasteiger partial charge in [0.05, 0.1) is 17.1 Å². The van der Waals surface area contributed by atoms with Gasteiger partial charge in [-0.2, -0.15) is 0 Å². The summed E-state index contributed by atoms with van der Waals surface area (Å²) in [7, 11) is 0. The number of aromatic nitrogens is 2. The van der Waals surface area contributed by atoms with Gasteiger partial charge in [-0.3, -0.25) is 9.97 Å². The van der Waals surface area contributed by atoms with Crippen LogP contribution in [0.5, 0.6) is 0 Å². The van der Waals surface area contributed by atoms with Crippen molar-refractivity contribution in [3.8, 4) is 22.5 Å². The van der Waals surface area contributed by atoms with E-state index in [0.717, 1.165) is 22.5 Å². The summed E-state index contributed by atoms with van der Waals surface area (Å²) in [6.07, 6.45) is 3.90. The summed E-state index contributed by atoms with van der Waals surface area (Å²) in [5.41, 5.74) is 18.2. The summed E-state index contributed by atoms with van der Waals surface area (Å²) in [5, 5.41) is 0. The fourth-order valence-electron chi connectivity index (χ4n) is 7.49. The fraction of sp³-hybridized carbons (Fsp3) is 0.244. The molecule has 0 amide bonds. The van der Waals surface area contributed by atoms with Crippen LogP contribution in [-0.2, 0) is 10.8 Å². The minimum atomic E-state index is 0.0185. The first kappa shape index (κ1) is 32.6. The number of nitrogens with zero attached hydrogens (tertiary/aromatic N) is 3. The Morgan fingerprint density at radius 3 is 1.71 bits per heavy atom. The largest absolute Gasteiger partial charge is 0.311 e. The van der Waals surface area contributed by atoms with Gasteiger partial charge in [0.25, 0.3) is 0 Å². The molecule has 0 saturated carbocycles. The molecule has 0 bridgehead atoms. The van der Waals surface area contributed by atoms with E-state index < -0.39 is 0 Å². The van der Waals surface area contributed by atoms with Crippen molar-refractivity contribution in [1.82, 2.24) is 9.97 Å². The van der Waals surface area contributed by atoms with Crippen molar-refractivity contribution in [1.29, 1.82) is 0 Å². The predicted octanol–water partition coefficient (Wildman–Crippen LogP) is 9.63. The molecule has 0 saturated heterocycles. The average molecular weight is 640 g/mol. The van der Waals surface area contributed by atoms with Crippen LogP contribution < -0.4 is 21.3 Å².